The third-order valence-corrected chi connectivity index (χ3v) is 5.20. The third kappa shape index (κ3) is 5.47. The smallest absolute Gasteiger partial charge is 0.328 e. The molecule has 0 aliphatic rings. The summed E-state index contributed by atoms with van der Waals surface area (Å²) in [5, 5.41) is 3.36. The molecule has 0 atom stereocenters. The van der Waals surface area contributed by atoms with Gasteiger partial charge in [0.05, 0.1) is 18.8 Å². The standard InChI is InChI=1S/C23H28N8O2/c1-2-3-10-33-22-29-20(25)19-21(30-22)31(23(32)28-19)14-16-6-9-18(27-12-16)13-26-11-15-4-7-17(24)8-5-15/h4-9,12,26H,2-3,10-11,13-14,24H2,1H3,(H,28,32)(H2,25,29,30). The Balaban J connectivity index is 1.43. The minimum atomic E-state index is -0.314. The maximum atomic E-state index is 12.5. The Hall–Kier alpha value is -3.92. The quantitative estimate of drug-likeness (QED) is 0.213. The van der Waals surface area contributed by atoms with Crippen LogP contribution in [0.25, 0.3) is 11.2 Å². The van der Waals surface area contributed by atoms with Crippen molar-refractivity contribution in [3.05, 3.63) is 69.9 Å². The molecule has 3 aromatic heterocycles. The largest absolute Gasteiger partial charge is 0.463 e. The Labute approximate surface area is 191 Å². The summed E-state index contributed by atoms with van der Waals surface area (Å²) in [5.41, 5.74) is 15.9. The number of hydrogen-bond donors (Lipinski definition) is 4. The first-order chi connectivity index (χ1) is 16.0. The van der Waals surface area contributed by atoms with Crippen LogP contribution >= 0.6 is 0 Å². The van der Waals surface area contributed by atoms with E-state index in [4.69, 9.17) is 16.2 Å². The van der Waals surface area contributed by atoms with Crippen LogP contribution in [0.3, 0.4) is 0 Å². The van der Waals surface area contributed by atoms with Crippen LogP contribution < -0.4 is 27.2 Å². The Kier molecular flexibility index (Phi) is 6.84. The molecule has 0 saturated heterocycles. The van der Waals surface area contributed by atoms with Crippen molar-refractivity contribution in [2.24, 2.45) is 0 Å². The number of hydrogen-bond acceptors (Lipinski definition) is 8. The van der Waals surface area contributed by atoms with E-state index in [9.17, 15) is 4.79 Å². The van der Waals surface area contributed by atoms with Crippen LogP contribution in [0.2, 0.25) is 0 Å². The van der Waals surface area contributed by atoms with Gasteiger partial charge >= 0.3 is 11.7 Å². The lowest BCUT2D eigenvalue weighted by molar-refractivity contribution is 0.286. The zero-order chi connectivity index (χ0) is 23.2. The monoisotopic (exact) mass is 448 g/mol. The summed E-state index contributed by atoms with van der Waals surface area (Å²) in [4.78, 5) is 28.3. The van der Waals surface area contributed by atoms with Gasteiger partial charge in [-0.25, -0.2) is 4.79 Å². The van der Waals surface area contributed by atoms with Crippen LogP contribution in [-0.4, -0.2) is 31.1 Å². The van der Waals surface area contributed by atoms with Crippen molar-refractivity contribution in [2.45, 2.75) is 39.4 Å². The topological polar surface area (TPSA) is 150 Å². The highest BCUT2D eigenvalue weighted by atomic mass is 16.5. The summed E-state index contributed by atoms with van der Waals surface area (Å²) in [6.45, 7) is 4.21. The average Bonchev–Trinajstić information content (AvgIpc) is 3.12. The fourth-order valence-corrected chi connectivity index (χ4v) is 3.36. The van der Waals surface area contributed by atoms with E-state index in [1.807, 2.05) is 36.4 Å². The van der Waals surface area contributed by atoms with Crippen LogP contribution in [0.15, 0.2) is 47.4 Å². The van der Waals surface area contributed by atoms with E-state index in [1.165, 1.54) is 4.57 Å². The number of unbranched alkanes of at least 4 members (excludes halogenated alkanes) is 1. The van der Waals surface area contributed by atoms with Gasteiger partial charge in [0.1, 0.15) is 5.52 Å². The number of aromatic amines is 1. The van der Waals surface area contributed by atoms with Crippen LogP contribution in [0.5, 0.6) is 6.01 Å². The van der Waals surface area contributed by atoms with Crippen molar-refractivity contribution < 1.29 is 4.74 Å². The molecule has 4 aromatic rings. The second kappa shape index (κ2) is 10.1. The Morgan fingerprint density at radius 3 is 2.58 bits per heavy atom. The van der Waals surface area contributed by atoms with E-state index in [-0.39, 0.29) is 17.5 Å². The van der Waals surface area contributed by atoms with Crippen LogP contribution in [0.4, 0.5) is 11.5 Å². The Morgan fingerprint density at radius 1 is 1.06 bits per heavy atom. The molecule has 0 unspecified atom stereocenters. The highest BCUT2D eigenvalue weighted by molar-refractivity contribution is 5.81. The normalized spacial score (nSPS) is 11.2. The molecule has 10 heteroatoms. The Morgan fingerprint density at radius 2 is 1.85 bits per heavy atom. The number of nitrogens with two attached hydrogens (primary N) is 2. The molecule has 6 N–H and O–H groups in total. The van der Waals surface area contributed by atoms with E-state index < -0.39 is 0 Å². The number of rotatable bonds is 10. The van der Waals surface area contributed by atoms with Gasteiger partial charge in [0, 0.05) is 25.0 Å². The minimum absolute atomic E-state index is 0.168. The van der Waals surface area contributed by atoms with Gasteiger partial charge < -0.3 is 26.5 Å². The molecule has 0 aliphatic carbocycles. The number of anilines is 2. The molecule has 0 fully saturated rings. The number of nitrogens with zero attached hydrogens (tertiary/aromatic N) is 4. The molecule has 3 heterocycles. The van der Waals surface area contributed by atoms with E-state index in [1.54, 1.807) is 6.20 Å². The lowest BCUT2D eigenvalue weighted by atomic mass is 10.2. The van der Waals surface area contributed by atoms with Crippen molar-refractivity contribution in [1.82, 2.24) is 29.8 Å². The zero-order valence-electron chi connectivity index (χ0n) is 18.5. The summed E-state index contributed by atoms with van der Waals surface area (Å²) in [6.07, 6.45) is 3.63. The van der Waals surface area contributed by atoms with Gasteiger partial charge in [-0.2, -0.15) is 9.97 Å². The lowest BCUT2D eigenvalue weighted by Gasteiger charge is -2.08. The number of pyridine rings is 1. The number of benzene rings is 1. The number of fused-ring (bicyclic) bond motifs is 1. The predicted molar refractivity (Wildman–Crippen MR) is 128 cm³/mol. The number of aromatic nitrogens is 5. The van der Waals surface area contributed by atoms with Crippen LogP contribution in [0, 0.1) is 0 Å². The highest BCUT2D eigenvalue weighted by Crippen LogP contribution is 2.18. The first kappa shape index (κ1) is 22.3. The van der Waals surface area contributed by atoms with Gasteiger partial charge in [-0.05, 0) is 35.7 Å². The number of ether oxygens (including phenoxy) is 1. The summed E-state index contributed by atoms with van der Waals surface area (Å²) in [7, 11) is 0. The number of H-pyrrole nitrogens is 1. The molecule has 0 radical (unpaired) electrons. The molecule has 10 nitrogen and oxygen atoms in total. The number of nitrogen functional groups attached to an aromatic ring is 2. The van der Waals surface area contributed by atoms with Gasteiger partial charge in [-0.1, -0.05) is 31.5 Å². The molecule has 0 aliphatic heterocycles. The van der Waals surface area contributed by atoms with Crippen molar-refractivity contribution in [2.75, 3.05) is 18.1 Å². The van der Waals surface area contributed by atoms with E-state index in [2.05, 4.69) is 32.2 Å². The predicted octanol–water partition coefficient (Wildman–Crippen LogP) is 2.20. The molecular formula is C23H28N8O2. The van der Waals surface area contributed by atoms with Crippen LogP contribution in [0.1, 0.15) is 36.6 Å². The van der Waals surface area contributed by atoms with E-state index in [0.717, 1.165) is 41.9 Å². The van der Waals surface area contributed by atoms with Crippen molar-refractivity contribution in [3.8, 4) is 6.01 Å². The van der Waals surface area contributed by atoms with E-state index >= 15 is 0 Å². The Bertz CT molecular complexity index is 1260. The summed E-state index contributed by atoms with van der Waals surface area (Å²) < 4.78 is 7.09. The first-order valence-electron chi connectivity index (χ1n) is 10.9. The summed E-state index contributed by atoms with van der Waals surface area (Å²) >= 11 is 0. The van der Waals surface area contributed by atoms with Crippen molar-refractivity contribution >= 4 is 22.7 Å². The van der Waals surface area contributed by atoms with Crippen LogP contribution in [-0.2, 0) is 19.6 Å². The molecule has 0 amide bonds. The molecule has 0 spiro atoms. The lowest BCUT2D eigenvalue weighted by Crippen LogP contribution is -2.18. The maximum Gasteiger partial charge on any atom is 0.328 e. The van der Waals surface area contributed by atoms with Gasteiger partial charge in [0.2, 0.25) is 0 Å². The minimum Gasteiger partial charge on any atom is -0.463 e. The SMILES string of the molecule is CCCCOc1nc(N)c2[nH]c(=O)n(Cc3ccc(CNCc4ccc(N)cc4)nc3)c2n1. The van der Waals surface area contributed by atoms with Gasteiger partial charge in [-0.3, -0.25) is 9.55 Å². The molecule has 0 bridgehead atoms. The third-order valence-electron chi connectivity index (χ3n) is 5.20. The molecule has 172 valence electrons. The average molecular weight is 449 g/mol. The van der Waals surface area contributed by atoms with Crippen molar-refractivity contribution in [1.29, 1.82) is 0 Å². The number of nitrogens with one attached hydrogen (secondary N) is 2. The first-order valence-corrected chi connectivity index (χ1v) is 10.9. The molecule has 4 rings (SSSR count). The van der Waals surface area contributed by atoms with Crippen molar-refractivity contribution in [3.63, 3.8) is 0 Å². The summed E-state index contributed by atoms with van der Waals surface area (Å²) in [6, 6.07) is 11.8. The fraction of sp³-hybridized carbons (Fsp3) is 0.304. The second-order valence-electron chi connectivity index (χ2n) is 7.81. The zero-order valence-corrected chi connectivity index (χ0v) is 18.5. The maximum absolute atomic E-state index is 12.5. The molecule has 1 aromatic carbocycles. The molecule has 33 heavy (non-hydrogen) atoms. The summed E-state index contributed by atoms with van der Waals surface area (Å²) in [5.74, 6) is 0.183. The highest BCUT2D eigenvalue weighted by Gasteiger charge is 2.15. The number of imidazole rings is 1. The second-order valence-corrected chi connectivity index (χ2v) is 7.81. The molecular weight excluding hydrogens is 420 g/mol. The molecule has 0 saturated carbocycles. The van der Waals surface area contributed by atoms with Gasteiger partial charge in [-0.15, -0.1) is 0 Å². The van der Waals surface area contributed by atoms with E-state index in [0.29, 0.717) is 30.9 Å². The van der Waals surface area contributed by atoms with Gasteiger partial charge in [0.25, 0.3) is 0 Å². The fourth-order valence-electron chi connectivity index (χ4n) is 3.36. The van der Waals surface area contributed by atoms with Gasteiger partial charge in [0.15, 0.2) is 11.5 Å².